The first-order valence-electron chi connectivity index (χ1n) is 8.33. The summed E-state index contributed by atoms with van der Waals surface area (Å²) in [6.07, 6.45) is 1.76. The van der Waals surface area contributed by atoms with E-state index in [2.05, 4.69) is 15.6 Å². The fraction of sp³-hybridized carbons (Fsp3) is 0.111. The van der Waals surface area contributed by atoms with Crippen LogP contribution in [-0.2, 0) is 4.79 Å². The van der Waals surface area contributed by atoms with Crippen LogP contribution in [-0.4, -0.2) is 50.4 Å². The molecular formula is C18H17N5O6. The summed E-state index contributed by atoms with van der Waals surface area (Å²) in [5.74, 6) is 0.0799. The number of carbonyl (C=O) groups is 3. The first-order chi connectivity index (χ1) is 13.9. The Morgan fingerprint density at radius 1 is 1.17 bits per heavy atom. The number of amides is 3. The normalized spacial score (nSPS) is 11.6. The minimum Gasteiger partial charge on any atom is -0.464 e. The average molecular weight is 399 g/mol. The highest BCUT2D eigenvalue weighted by Gasteiger charge is 2.17. The van der Waals surface area contributed by atoms with Crippen molar-refractivity contribution >= 4 is 34.8 Å². The number of aromatic nitrogens is 2. The molecular weight excluding hydrogens is 382 g/mol. The molecule has 0 radical (unpaired) electrons. The third-order valence-corrected chi connectivity index (χ3v) is 3.91. The molecule has 0 aliphatic carbocycles. The topological polar surface area (TPSA) is 169 Å². The fourth-order valence-electron chi connectivity index (χ4n) is 2.55. The lowest BCUT2D eigenvalue weighted by atomic mass is 10.2. The van der Waals surface area contributed by atoms with Gasteiger partial charge in [-0.25, -0.2) is 14.6 Å². The van der Waals surface area contributed by atoms with Gasteiger partial charge in [-0.3, -0.25) is 14.7 Å². The number of nitrogens with two attached hydrogens (primary N) is 1. The van der Waals surface area contributed by atoms with Crippen LogP contribution >= 0.6 is 0 Å². The van der Waals surface area contributed by atoms with Crippen LogP contribution < -0.4 is 21.1 Å². The van der Waals surface area contributed by atoms with Crippen LogP contribution in [0.5, 0.6) is 11.5 Å². The zero-order valence-electron chi connectivity index (χ0n) is 14.9. The molecule has 0 saturated carbocycles. The number of anilines is 1. The van der Waals surface area contributed by atoms with Crippen LogP contribution in [0.25, 0.3) is 10.9 Å². The van der Waals surface area contributed by atoms with Crippen molar-refractivity contribution in [2.45, 2.75) is 6.04 Å². The van der Waals surface area contributed by atoms with E-state index in [0.29, 0.717) is 22.4 Å². The van der Waals surface area contributed by atoms with Gasteiger partial charge in [-0.05, 0) is 30.3 Å². The van der Waals surface area contributed by atoms with Crippen molar-refractivity contribution in [2.24, 2.45) is 5.73 Å². The SMILES string of the molecule is NC(=O)[C@@H](CO)NC(=O)Nc1cc(Oc2ccc3c(ccn3C(=O)O)c2)ccn1. The molecule has 11 heteroatoms. The molecule has 6 N–H and O–H groups in total. The summed E-state index contributed by atoms with van der Waals surface area (Å²) in [6.45, 7) is -0.634. The third-order valence-electron chi connectivity index (χ3n) is 3.91. The van der Waals surface area contributed by atoms with E-state index in [1.54, 1.807) is 30.3 Å². The zero-order valence-corrected chi connectivity index (χ0v) is 14.9. The molecule has 1 atom stereocenters. The number of aliphatic hydroxyl groups excluding tert-OH is 1. The molecule has 3 aromatic rings. The molecule has 2 aromatic heterocycles. The van der Waals surface area contributed by atoms with Crippen molar-refractivity contribution in [3.8, 4) is 11.5 Å². The molecule has 0 aliphatic heterocycles. The molecule has 3 amide bonds. The van der Waals surface area contributed by atoms with Gasteiger partial charge in [0, 0.05) is 23.8 Å². The summed E-state index contributed by atoms with van der Waals surface area (Å²) < 4.78 is 6.83. The Morgan fingerprint density at radius 3 is 2.62 bits per heavy atom. The van der Waals surface area contributed by atoms with E-state index >= 15 is 0 Å². The van der Waals surface area contributed by atoms with Crippen molar-refractivity contribution in [1.29, 1.82) is 0 Å². The van der Waals surface area contributed by atoms with Gasteiger partial charge in [0.1, 0.15) is 23.4 Å². The van der Waals surface area contributed by atoms with Crippen LogP contribution in [0, 0.1) is 0 Å². The second-order valence-electron chi connectivity index (χ2n) is 5.90. The number of nitrogens with zero attached hydrogens (tertiary/aromatic N) is 2. The summed E-state index contributed by atoms with van der Waals surface area (Å²) in [5.41, 5.74) is 5.57. The molecule has 0 aliphatic rings. The van der Waals surface area contributed by atoms with Crippen molar-refractivity contribution in [3.63, 3.8) is 0 Å². The molecule has 0 saturated heterocycles. The number of urea groups is 1. The Labute approximate surface area is 163 Å². The minimum absolute atomic E-state index is 0.138. The highest BCUT2D eigenvalue weighted by Crippen LogP contribution is 2.27. The highest BCUT2D eigenvalue weighted by atomic mass is 16.5. The highest BCUT2D eigenvalue weighted by molar-refractivity contribution is 5.93. The maximum absolute atomic E-state index is 11.9. The molecule has 11 nitrogen and oxygen atoms in total. The number of ether oxygens (including phenoxy) is 1. The van der Waals surface area contributed by atoms with Gasteiger partial charge in [0.2, 0.25) is 5.91 Å². The lowest BCUT2D eigenvalue weighted by Gasteiger charge is -2.13. The number of nitrogens with one attached hydrogen (secondary N) is 2. The lowest BCUT2D eigenvalue weighted by Crippen LogP contribution is -2.48. The quantitative estimate of drug-likeness (QED) is 0.416. The Balaban J connectivity index is 1.71. The number of aliphatic hydroxyl groups is 1. The van der Waals surface area contributed by atoms with Crippen LogP contribution in [0.1, 0.15) is 0 Å². The summed E-state index contributed by atoms with van der Waals surface area (Å²) in [6, 6.07) is 7.57. The van der Waals surface area contributed by atoms with Gasteiger partial charge >= 0.3 is 12.1 Å². The number of carboxylic acid groups (broad SMARTS) is 1. The Kier molecular flexibility index (Phi) is 5.60. The van der Waals surface area contributed by atoms with E-state index < -0.39 is 30.7 Å². The molecule has 0 fully saturated rings. The van der Waals surface area contributed by atoms with Gasteiger partial charge in [-0.2, -0.15) is 0 Å². The number of pyridine rings is 1. The Morgan fingerprint density at radius 2 is 1.93 bits per heavy atom. The van der Waals surface area contributed by atoms with Crippen LogP contribution in [0.15, 0.2) is 48.8 Å². The van der Waals surface area contributed by atoms with Crippen LogP contribution in [0.3, 0.4) is 0 Å². The first kappa shape index (κ1) is 19.6. The number of hydrogen-bond acceptors (Lipinski definition) is 6. The van der Waals surface area contributed by atoms with Crippen LogP contribution in [0.2, 0.25) is 0 Å². The number of benzene rings is 1. The predicted octanol–water partition coefficient (Wildman–Crippen LogP) is 1.32. The molecule has 0 spiro atoms. The number of hydrogen-bond donors (Lipinski definition) is 5. The van der Waals surface area contributed by atoms with Gasteiger partial charge in [-0.15, -0.1) is 0 Å². The Hall–Kier alpha value is -4.12. The maximum atomic E-state index is 11.9. The zero-order chi connectivity index (χ0) is 21.0. The Bertz CT molecular complexity index is 1080. The molecule has 29 heavy (non-hydrogen) atoms. The minimum atomic E-state index is -1.22. The second kappa shape index (κ2) is 8.27. The number of rotatable bonds is 6. The number of primary amides is 1. The van der Waals surface area contributed by atoms with Crippen molar-refractivity contribution < 1.29 is 29.3 Å². The smallest absolute Gasteiger partial charge is 0.415 e. The second-order valence-corrected chi connectivity index (χ2v) is 5.90. The largest absolute Gasteiger partial charge is 0.464 e. The maximum Gasteiger partial charge on any atom is 0.415 e. The average Bonchev–Trinajstić information content (AvgIpc) is 3.09. The molecule has 0 unspecified atom stereocenters. The predicted molar refractivity (Wildman–Crippen MR) is 102 cm³/mol. The van der Waals surface area contributed by atoms with E-state index in [1.807, 2.05) is 0 Å². The van der Waals surface area contributed by atoms with E-state index in [4.69, 9.17) is 20.7 Å². The summed E-state index contributed by atoms with van der Waals surface area (Å²) in [4.78, 5) is 38.1. The summed E-state index contributed by atoms with van der Waals surface area (Å²) >= 11 is 0. The molecule has 3 rings (SSSR count). The van der Waals surface area contributed by atoms with E-state index in [1.165, 1.54) is 18.5 Å². The first-order valence-corrected chi connectivity index (χ1v) is 8.33. The molecule has 1 aromatic carbocycles. The molecule has 150 valence electrons. The van der Waals surface area contributed by atoms with E-state index in [0.717, 1.165) is 4.57 Å². The molecule has 2 heterocycles. The van der Waals surface area contributed by atoms with Crippen molar-refractivity contribution in [2.75, 3.05) is 11.9 Å². The van der Waals surface area contributed by atoms with Gasteiger partial charge < -0.3 is 26.0 Å². The number of fused-ring (bicyclic) bond motifs is 1. The van der Waals surface area contributed by atoms with Crippen LogP contribution in [0.4, 0.5) is 15.4 Å². The van der Waals surface area contributed by atoms with Gasteiger partial charge in [0.05, 0.1) is 12.1 Å². The lowest BCUT2D eigenvalue weighted by molar-refractivity contribution is -0.120. The third kappa shape index (κ3) is 4.59. The van der Waals surface area contributed by atoms with Crippen molar-refractivity contribution in [1.82, 2.24) is 14.9 Å². The monoisotopic (exact) mass is 399 g/mol. The van der Waals surface area contributed by atoms with E-state index in [9.17, 15) is 14.4 Å². The van der Waals surface area contributed by atoms with Crippen molar-refractivity contribution in [3.05, 3.63) is 48.8 Å². The molecule has 0 bridgehead atoms. The van der Waals surface area contributed by atoms with Gasteiger partial charge in [0.25, 0.3) is 0 Å². The summed E-state index contributed by atoms with van der Waals surface area (Å²) in [7, 11) is 0. The van der Waals surface area contributed by atoms with Gasteiger partial charge in [-0.1, -0.05) is 0 Å². The van der Waals surface area contributed by atoms with E-state index in [-0.39, 0.29) is 5.82 Å². The fourth-order valence-corrected chi connectivity index (χ4v) is 2.55. The number of carbonyl (C=O) groups excluding carboxylic acids is 2. The van der Waals surface area contributed by atoms with Gasteiger partial charge in [0.15, 0.2) is 0 Å². The summed E-state index contributed by atoms with van der Waals surface area (Å²) in [5, 5.41) is 23.4. The standard InChI is InChI=1S/C18H17N5O6/c19-16(25)13(9-24)21-17(26)22-15-8-12(3-5-20-15)29-11-1-2-14-10(7-11)4-6-23(14)18(27)28/h1-8,13,24H,9H2,(H2,19,25)(H,27,28)(H2,20,21,22,26)/t13-/m1/s1.